The molecule has 1 fully saturated rings. The van der Waals surface area contributed by atoms with Gasteiger partial charge < -0.3 is 85.3 Å². The van der Waals surface area contributed by atoms with Crippen LogP contribution >= 0.6 is 0 Å². The largest absolute Gasteiger partial charge is 0.485 e. The van der Waals surface area contributed by atoms with Crippen molar-refractivity contribution in [2.24, 2.45) is 0 Å². The predicted octanol–water partition coefficient (Wildman–Crippen LogP) is 25.3. The van der Waals surface area contributed by atoms with Gasteiger partial charge in [0.1, 0.15) is 92.0 Å². The molecule has 20 rings (SSSR count). The number of para-hydroxylation sites is 1. The molecule has 0 aromatic heterocycles. The molecular formula is C125H101NO24. The number of nitro benzene ring substituents is 1. The van der Waals surface area contributed by atoms with Gasteiger partial charge in [-0.25, -0.2) is 19.2 Å². The van der Waals surface area contributed by atoms with Crippen LogP contribution in [-0.2, 0) is 114 Å². The zero-order chi connectivity index (χ0) is 102. The van der Waals surface area contributed by atoms with E-state index in [1.807, 2.05) is 364 Å². The minimum Gasteiger partial charge on any atom is -0.485 e. The molecule has 1 saturated heterocycles. The Kier molecular flexibility index (Phi) is 31.7. The second-order valence-electron chi connectivity index (χ2n) is 35.6. The molecule has 25 heteroatoms. The van der Waals surface area contributed by atoms with Crippen molar-refractivity contribution in [1.82, 2.24) is 0 Å². The average Bonchev–Trinajstić information content (AvgIpc) is 0.829. The smallest absolute Gasteiger partial charge is 0.339 e. The molecule has 0 bridgehead atoms. The van der Waals surface area contributed by atoms with Gasteiger partial charge in [0, 0.05) is 28.3 Å². The summed E-state index contributed by atoms with van der Waals surface area (Å²) in [7, 11) is 0. The van der Waals surface area contributed by atoms with Crippen LogP contribution < -0.4 is 56.8 Å². The van der Waals surface area contributed by atoms with Crippen molar-refractivity contribution >= 4 is 29.6 Å². The van der Waals surface area contributed by atoms with Gasteiger partial charge in [0.05, 0.1) is 39.3 Å². The Labute approximate surface area is 865 Å². The molecule has 0 unspecified atom stereocenters. The maximum Gasteiger partial charge on any atom is 0.339 e. The molecule has 3 aliphatic rings. The summed E-state index contributed by atoms with van der Waals surface area (Å²) in [6.07, 6.45) is -10.6. The van der Waals surface area contributed by atoms with E-state index in [2.05, 4.69) is 0 Å². The third-order valence-corrected chi connectivity index (χ3v) is 25.2. The van der Waals surface area contributed by atoms with E-state index in [-0.39, 0.29) is 182 Å². The zero-order valence-electron chi connectivity index (χ0n) is 81.3. The lowest BCUT2D eigenvalue weighted by molar-refractivity contribution is -0.386. The summed E-state index contributed by atoms with van der Waals surface area (Å²) < 4.78 is 130. The van der Waals surface area contributed by atoms with Gasteiger partial charge in [-0.1, -0.05) is 376 Å². The van der Waals surface area contributed by atoms with Gasteiger partial charge >= 0.3 is 23.9 Å². The van der Waals surface area contributed by atoms with Crippen LogP contribution in [0, 0.1) is 10.1 Å². The average molecular weight is 2000 g/mol. The lowest BCUT2D eigenvalue weighted by atomic mass is 9.90. The molecule has 0 radical (unpaired) electrons. The van der Waals surface area contributed by atoms with Crippen LogP contribution in [-0.4, -0.2) is 66.1 Å². The third kappa shape index (κ3) is 24.0. The van der Waals surface area contributed by atoms with E-state index in [1.165, 1.54) is 42.5 Å². The van der Waals surface area contributed by atoms with E-state index in [0.29, 0.717) is 66.8 Å². The molecule has 0 N–H and O–H groups in total. The summed E-state index contributed by atoms with van der Waals surface area (Å²) in [5.74, 6) is -6.43. The molecule has 0 saturated carbocycles. The van der Waals surface area contributed by atoms with E-state index in [0.717, 1.165) is 0 Å². The van der Waals surface area contributed by atoms with E-state index >= 15 is 19.2 Å². The van der Waals surface area contributed by atoms with E-state index in [1.54, 1.807) is 6.07 Å². The fourth-order valence-corrected chi connectivity index (χ4v) is 17.7. The Morgan fingerprint density at radius 2 is 0.440 bits per heavy atom. The fraction of sp³-hybridized carbons (Fsp3) is 0.152. The minimum atomic E-state index is -2.25. The number of carbonyl (C=O) groups is 4. The highest BCUT2D eigenvalue weighted by Gasteiger charge is 2.56. The standard InChI is InChI=1S/C125H101NO24/c127-121-96-65-101(133-69-83-39-13-1-14-40-83)110(137-73-87-47-21-5-22-48-87)115(141-77-91-55-29-9-30-56-91)106(96)107-97(66-102(134-70-84-41-15-2-16-42-84)111(138-74-88-49-23-6-24-50-88)116(107)142-78-92-57-31-10-32-58-92)122(128)148-114-105(82-145-121)147-125(146-81-95-63-37-38-64-100(95)126(131)132)120-119(114)149-123(129)98-67-103(135-71-85-43-17-3-18-44-85)112(139-75-89-51-25-7-26-52-89)117(143-79-93-59-33-11-34-60-93)108(98)109-99(124(130)150-120)68-104(136-72-86-45-19-4-20-46-86)113(140-76-90-53-27-8-28-54-90)118(109)144-80-94-61-35-12-36-62-94/h1-68,105,114,119-120,125H,69-82H2/t105-,114-,119+,120-,125-/m1/s1. The molecule has 17 aromatic carbocycles. The number of nitro groups is 1. The third-order valence-electron chi connectivity index (χ3n) is 25.2. The summed E-state index contributed by atoms with van der Waals surface area (Å²) in [6, 6.07) is 123. The highest BCUT2D eigenvalue weighted by Crippen LogP contribution is 2.60. The number of carbonyl (C=O) groups excluding carboxylic acids is 4. The monoisotopic (exact) mass is 2000 g/mol. The van der Waals surface area contributed by atoms with Gasteiger partial charge in [-0.3, -0.25) is 10.1 Å². The maximum atomic E-state index is 18.1. The number of ether oxygens (including phenoxy) is 18. The second-order valence-corrected chi connectivity index (χ2v) is 35.6. The van der Waals surface area contributed by atoms with Gasteiger partial charge in [-0.15, -0.1) is 0 Å². The number of rotatable bonds is 40. The van der Waals surface area contributed by atoms with Crippen molar-refractivity contribution in [2.75, 3.05) is 6.61 Å². The van der Waals surface area contributed by atoms with Gasteiger partial charge in [0.25, 0.3) is 5.69 Å². The van der Waals surface area contributed by atoms with Crippen LogP contribution in [0.25, 0.3) is 22.3 Å². The number of benzene rings is 17. The molecule has 3 aliphatic heterocycles. The van der Waals surface area contributed by atoms with E-state index in [4.69, 9.17) is 85.3 Å². The Morgan fingerprint density at radius 1 is 0.233 bits per heavy atom. The van der Waals surface area contributed by atoms with Crippen molar-refractivity contribution in [3.05, 3.63) is 517 Å². The Balaban J connectivity index is 0.863. The zero-order valence-corrected chi connectivity index (χ0v) is 81.3. The van der Waals surface area contributed by atoms with Crippen molar-refractivity contribution in [2.45, 2.75) is 117 Å². The van der Waals surface area contributed by atoms with Crippen LogP contribution in [0.4, 0.5) is 5.69 Å². The van der Waals surface area contributed by atoms with Crippen molar-refractivity contribution in [3.8, 4) is 91.2 Å². The summed E-state index contributed by atoms with van der Waals surface area (Å²) in [6.45, 7) is -3.80. The minimum absolute atomic E-state index is 0.00840. The SMILES string of the molecule is O=C1OC[C@H]2O[C@@H](OCc3ccccc3[N+](=O)[O-])[C@@H]3OC(=O)c4cc(OCc5ccccc5)c(OCc5ccccc5)c(OCc5ccccc5)c4-c4c(cc(OCc5ccccc5)c(OCc5ccccc5)c4OCc4ccccc4)C(=O)O[C@H]3[C@@H]2OC(=O)c2cc(OCc3ccccc3)c(OCc3ccccc3)c(OCc3ccccc3)c2-c2c1cc(OCc1ccccc1)c(OCc1ccccc1)c2OCc1ccccc1. The first-order valence-corrected chi connectivity index (χ1v) is 49.0. The van der Waals surface area contributed by atoms with Gasteiger partial charge in [0.15, 0.2) is 70.6 Å². The summed E-state index contributed by atoms with van der Waals surface area (Å²) in [4.78, 5) is 83.9. The first-order chi connectivity index (χ1) is 73.9. The summed E-state index contributed by atoms with van der Waals surface area (Å²) in [5.41, 5.74) is 5.19. The first kappa shape index (κ1) is 98.9. The molecule has 0 spiro atoms. The van der Waals surface area contributed by atoms with Crippen LogP contribution in [0.2, 0.25) is 0 Å². The van der Waals surface area contributed by atoms with Gasteiger partial charge in [-0.05, 0) is 97.1 Å². The quantitative estimate of drug-likeness (QED) is 0.0149. The van der Waals surface area contributed by atoms with Crippen LogP contribution in [0.15, 0.2) is 413 Å². The lowest BCUT2D eigenvalue weighted by Gasteiger charge is -2.44. The van der Waals surface area contributed by atoms with Crippen LogP contribution in [0.1, 0.15) is 114 Å². The van der Waals surface area contributed by atoms with Gasteiger partial charge in [0.2, 0.25) is 23.0 Å². The molecule has 17 aromatic rings. The molecule has 750 valence electrons. The number of nitrogens with zero attached hydrogens (tertiary/aromatic N) is 1. The number of hydrogen-bond acceptors (Lipinski definition) is 24. The number of cyclic esters (lactones) is 1. The first-order valence-electron chi connectivity index (χ1n) is 49.0. The maximum absolute atomic E-state index is 18.1. The topological polar surface area (TPSA) is 278 Å². The Morgan fingerprint density at radius 3 is 0.687 bits per heavy atom. The molecular weight excluding hydrogens is 1900 g/mol. The van der Waals surface area contributed by atoms with Gasteiger partial charge in [-0.2, -0.15) is 0 Å². The Bertz CT molecular complexity index is 7500. The van der Waals surface area contributed by atoms with Crippen molar-refractivity contribution in [3.63, 3.8) is 0 Å². The summed E-state index contributed by atoms with van der Waals surface area (Å²) in [5, 5.41) is 13.3. The second kappa shape index (κ2) is 48.0. The Hall–Kier alpha value is -18.5. The molecule has 150 heavy (non-hydrogen) atoms. The molecule has 5 atom stereocenters. The number of hydrogen-bond donors (Lipinski definition) is 0. The fourth-order valence-electron chi connectivity index (χ4n) is 17.7. The van der Waals surface area contributed by atoms with E-state index < -0.39 is 95.1 Å². The van der Waals surface area contributed by atoms with E-state index in [9.17, 15) is 10.1 Å². The van der Waals surface area contributed by atoms with Crippen molar-refractivity contribution < 1.29 is 109 Å². The van der Waals surface area contributed by atoms with Crippen LogP contribution in [0.3, 0.4) is 0 Å². The molecule has 25 nitrogen and oxygen atoms in total. The number of esters is 4. The highest BCUT2D eigenvalue weighted by molar-refractivity contribution is 6.11. The summed E-state index contributed by atoms with van der Waals surface area (Å²) >= 11 is 0. The van der Waals surface area contributed by atoms with Crippen LogP contribution in [0.5, 0.6) is 69.0 Å². The highest BCUT2D eigenvalue weighted by atomic mass is 16.7. The lowest BCUT2D eigenvalue weighted by Crippen LogP contribution is -2.63. The number of fused-ring (bicyclic) bond motifs is 9. The normalized spacial score (nSPS) is 15.0. The predicted molar refractivity (Wildman–Crippen MR) is 557 cm³/mol. The molecule has 3 heterocycles. The molecule has 0 amide bonds. The van der Waals surface area contributed by atoms with Crippen molar-refractivity contribution in [1.29, 1.82) is 0 Å². The molecule has 0 aliphatic carbocycles.